The molecule has 0 amide bonds. The molecule has 0 aromatic heterocycles. The fourth-order valence-electron chi connectivity index (χ4n) is 0.504. The fraction of sp³-hybridized carbons (Fsp3) is 0.143. The zero-order valence-corrected chi connectivity index (χ0v) is 6.43. The van der Waals surface area contributed by atoms with Crippen molar-refractivity contribution in [1.29, 1.82) is 0 Å². The van der Waals surface area contributed by atoms with Crippen LogP contribution in [-0.2, 0) is 0 Å². The summed E-state index contributed by atoms with van der Waals surface area (Å²) in [6.45, 7) is 0. The molecule has 0 nitrogen and oxygen atoms in total. The monoisotopic (exact) mass is 171 g/mol. The number of hydrogen-bond acceptors (Lipinski definition) is 0. The van der Waals surface area contributed by atoms with Gasteiger partial charge in [0.15, 0.2) is 0 Å². The third-order valence-corrected chi connectivity index (χ3v) is 2.44. The van der Waals surface area contributed by atoms with E-state index < -0.39 is 0 Å². The first-order valence-electron chi connectivity index (χ1n) is 2.43. The molecule has 0 bridgehead atoms. The molecule has 0 fully saturated rings. The Balaban J connectivity index is 2.83. The molecule has 1 rings (SSSR count). The first-order chi connectivity index (χ1) is 3.93. The van der Waals surface area contributed by atoms with Gasteiger partial charge in [0.1, 0.15) is 0 Å². The Bertz CT molecular complexity index is 146. The Morgan fingerprint density at radius 1 is 1.62 bits per heavy atom. The van der Waals surface area contributed by atoms with Crippen molar-refractivity contribution in [1.82, 2.24) is 0 Å². The van der Waals surface area contributed by atoms with Crippen LogP contribution < -0.4 is 4.46 Å². The van der Waals surface area contributed by atoms with Gasteiger partial charge < -0.3 is 0 Å². The quantitative estimate of drug-likeness (QED) is 0.548. The van der Waals surface area contributed by atoms with Crippen molar-refractivity contribution in [3.05, 3.63) is 30.3 Å². The van der Waals surface area contributed by atoms with Crippen molar-refractivity contribution >= 4 is 19.4 Å². The fourth-order valence-corrected chi connectivity index (χ4v) is 1.34. The third kappa shape index (κ3) is 1.36. The number of hydrogen-bond donors (Lipinski definition) is 0. The van der Waals surface area contributed by atoms with Crippen molar-refractivity contribution in [3.8, 4) is 0 Å². The van der Waals surface area contributed by atoms with Crippen molar-refractivity contribution in [2.24, 2.45) is 0 Å². The van der Waals surface area contributed by atoms with E-state index in [2.05, 4.69) is 18.0 Å². The molecular formula is C7H7Se. The average Bonchev–Trinajstić information content (AvgIpc) is 1.90. The van der Waals surface area contributed by atoms with Gasteiger partial charge in [0.25, 0.3) is 0 Å². The average molecular weight is 170 g/mol. The Morgan fingerprint density at radius 3 is 2.88 bits per heavy atom. The molecule has 1 aromatic rings. The second-order valence-corrected chi connectivity index (χ2v) is 3.29. The molecular weight excluding hydrogens is 163 g/mol. The van der Waals surface area contributed by atoms with Crippen LogP contribution in [0.25, 0.3) is 0 Å². The molecule has 0 aliphatic carbocycles. The summed E-state index contributed by atoms with van der Waals surface area (Å²) in [6, 6.07) is 11.2. The zero-order valence-electron chi connectivity index (χ0n) is 4.72. The summed E-state index contributed by atoms with van der Waals surface area (Å²) < 4.78 is 1.42. The SMILES string of the molecule is C[Se]c1c[c]ccc1. The molecule has 0 spiro atoms. The molecule has 1 radical (unpaired) electrons. The third-order valence-electron chi connectivity index (χ3n) is 0.914. The van der Waals surface area contributed by atoms with Gasteiger partial charge in [0.05, 0.1) is 0 Å². The Kier molecular flexibility index (Phi) is 2.13. The van der Waals surface area contributed by atoms with E-state index >= 15 is 0 Å². The Labute approximate surface area is 56.1 Å². The summed E-state index contributed by atoms with van der Waals surface area (Å²) >= 11 is 0.637. The van der Waals surface area contributed by atoms with E-state index in [0.717, 1.165) is 0 Å². The molecule has 0 aliphatic heterocycles. The molecule has 1 heteroatoms. The van der Waals surface area contributed by atoms with Gasteiger partial charge in [0.2, 0.25) is 0 Å². The summed E-state index contributed by atoms with van der Waals surface area (Å²) in [5, 5.41) is 0. The summed E-state index contributed by atoms with van der Waals surface area (Å²) in [7, 11) is 0. The first kappa shape index (κ1) is 5.87. The van der Waals surface area contributed by atoms with Crippen LogP contribution in [-0.4, -0.2) is 15.0 Å². The summed E-state index contributed by atoms with van der Waals surface area (Å²) in [4.78, 5) is 0. The van der Waals surface area contributed by atoms with Crippen LogP contribution in [0.5, 0.6) is 0 Å². The second-order valence-electron chi connectivity index (χ2n) is 1.44. The number of benzene rings is 1. The van der Waals surface area contributed by atoms with Gasteiger partial charge in [-0.25, -0.2) is 0 Å². The molecule has 0 atom stereocenters. The molecule has 8 heavy (non-hydrogen) atoms. The van der Waals surface area contributed by atoms with E-state index in [1.54, 1.807) is 0 Å². The van der Waals surface area contributed by atoms with Crippen LogP contribution in [0.2, 0.25) is 5.82 Å². The molecule has 0 heterocycles. The molecule has 0 unspecified atom stereocenters. The van der Waals surface area contributed by atoms with E-state index in [4.69, 9.17) is 0 Å². The molecule has 0 N–H and O–H groups in total. The molecule has 41 valence electrons. The maximum atomic E-state index is 3.03. The Morgan fingerprint density at radius 2 is 2.50 bits per heavy atom. The second kappa shape index (κ2) is 2.91. The van der Waals surface area contributed by atoms with Gasteiger partial charge in [-0.05, 0) is 0 Å². The normalized spacial score (nSPS) is 9.12. The van der Waals surface area contributed by atoms with Crippen LogP contribution in [0.15, 0.2) is 24.3 Å². The summed E-state index contributed by atoms with van der Waals surface area (Å²) in [5.41, 5.74) is 0. The van der Waals surface area contributed by atoms with Crippen LogP contribution in [0.3, 0.4) is 0 Å². The number of rotatable bonds is 1. The van der Waals surface area contributed by atoms with Gasteiger partial charge in [-0.2, -0.15) is 0 Å². The van der Waals surface area contributed by atoms with Crippen molar-refractivity contribution in [3.63, 3.8) is 0 Å². The van der Waals surface area contributed by atoms with Gasteiger partial charge in [-0.1, -0.05) is 0 Å². The van der Waals surface area contributed by atoms with E-state index in [1.807, 2.05) is 18.2 Å². The minimum absolute atomic E-state index is 0.637. The Hall–Kier alpha value is -0.261. The molecule has 0 aliphatic rings. The summed E-state index contributed by atoms with van der Waals surface area (Å²) in [5.74, 6) is 2.20. The predicted molar refractivity (Wildman–Crippen MR) is 36.5 cm³/mol. The van der Waals surface area contributed by atoms with E-state index in [0.29, 0.717) is 15.0 Å². The van der Waals surface area contributed by atoms with Gasteiger partial charge in [-0.15, -0.1) is 0 Å². The predicted octanol–water partition coefficient (Wildman–Crippen LogP) is 0.864. The molecule has 0 saturated carbocycles. The van der Waals surface area contributed by atoms with Gasteiger partial charge >= 0.3 is 55.6 Å². The van der Waals surface area contributed by atoms with Crippen LogP contribution in [0.4, 0.5) is 0 Å². The van der Waals surface area contributed by atoms with Gasteiger partial charge in [-0.3, -0.25) is 0 Å². The summed E-state index contributed by atoms with van der Waals surface area (Å²) in [6.07, 6.45) is 0. The standard InChI is InChI=1S/C7H7Se/c1-8-7-5-3-2-4-6-7/h2-3,5-6H,1H3. The topological polar surface area (TPSA) is 0 Å². The van der Waals surface area contributed by atoms with E-state index in [1.165, 1.54) is 4.46 Å². The van der Waals surface area contributed by atoms with Crippen LogP contribution >= 0.6 is 0 Å². The minimum atomic E-state index is 0.637. The van der Waals surface area contributed by atoms with Crippen molar-refractivity contribution in [2.45, 2.75) is 5.82 Å². The first-order valence-corrected chi connectivity index (χ1v) is 5.00. The van der Waals surface area contributed by atoms with E-state index in [9.17, 15) is 0 Å². The zero-order chi connectivity index (χ0) is 5.82. The molecule has 0 saturated heterocycles. The van der Waals surface area contributed by atoms with Crippen molar-refractivity contribution in [2.75, 3.05) is 0 Å². The van der Waals surface area contributed by atoms with Gasteiger partial charge in [0, 0.05) is 0 Å². The van der Waals surface area contributed by atoms with Crippen LogP contribution in [0, 0.1) is 6.07 Å². The maximum absolute atomic E-state index is 3.03. The van der Waals surface area contributed by atoms with Crippen molar-refractivity contribution < 1.29 is 0 Å². The van der Waals surface area contributed by atoms with Crippen LogP contribution in [0.1, 0.15) is 0 Å². The van der Waals surface area contributed by atoms with E-state index in [-0.39, 0.29) is 0 Å². The molecule has 1 aromatic carbocycles.